The van der Waals surface area contributed by atoms with E-state index in [4.69, 9.17) is 15.5 Å². The molecule has 0 saturated heterocycles. The minimum absolute atomic E-state index is 0.0309. The summed E-state index contributed by atoms with van der Waals surface area (Å²) in [4.78, 5) is 9.01. The summed E-state index contributed by atoms with van der Waals surface area (Å²) in [5.74, 6) is 0.912. The normalized spacial score (nSPS) is 24.0. The molecule has 0 fully saturated rings. The maximum absolute atomic E-state index is 14.8. The molecule has 0 amide bonds. The Morgan fingerprint density at radius 3 is 2.92 bits per heavy atom. The van der Waals surface area contributed by atoms with E-state index in [9.17, 15) is 9.65 Å². The van der Waals surface area contributed by atoms with Gasteiger partial charge in [-0.2, -0.15) is 5.26 Å². The lowest BCUT2D eigenvalue weighted by Crippen LogP contribution is -2.46. The average molecular weight is 368 g/mol. The zero-order valence-electron chi connectivity index (χ0n) is 14.2. The van der Waals surface area contributed by atoms with E-state index in [0.29, 0.717) is 35.0 Å². The molecule has 1 aliphatic carbocycles. The van der Waals surface area contributed by atoms with Crippen LogP contribution in [0.25, 0.3) is 0 Å². The smallest absolute Gasteiger partial charge is 0.216 e. The number of aromatic nitrogens is 1. The Morgan fingerprint density at radius 2 is 2.19 bits per heavy atom. The molecule has 0 saturated carbocycles. The number of ether oxygens (including phenoxy) is 1. The number of hydrogen-bond donors (Lipinski definition) is 1. The predicted octanol–water partition coefficient (Wildman–Crippen LogP) is 2.77. The van der Waals surface area contributed by atoms with E-state index in [0.717, 1.165) is 16.9 Å². The van der Waals surface area contributed by atoms with E-state index in [1.165, 1.54) is 17.8 Å². The molecule has 2 aliphatic rings. The molecule has 4 rings (SSSR count). The van der Waals surface area contributed by atoms with Gasteiger partial charge in [-0.05, 0) is 18.1 Å². The van der Waals surface area contributed by atoms with Crippen molar-refractivity contribution >= 4 is 16.9 Å². The second-order valence-corrected chi connectivity index (χ2v) is 7.53. The summed E-state index contributed by atoms with van der Waals surface area (Å²) in [6.07, 6.45) is 2.55. The maximum atomic E-state index is 14.8. The Kier molecular flexibility index (Phi) is 4.08. The Bertz CT molecular complexity index is 955. The van der Waals surface area contributed by atoms with Crippen molar-refractivity contribution in [3.63, 3.8) is 0 Å². The van der Waals surface area contributed by atoms with Crippen molar-refractivity contribution in [3.05, 3.63) is 58.5 Å². The molecule has 2 heterocycles. The maximum Gasteiger partial charge on any atom is 0.216 e. The molecule has 1 aliphatic heterocycles. The van der Waals surface area contributed by atoms with Crippen molar-refractivity contribution in [1.82, 2.24) is 4.98 Å². The van der Waals surface area contributed by atoms with E-state index in [1.807, 2.05) is 6.07 Å². The fraction of sp³-hybridized carbons (Fsp3) is 0.316. The molecule has 0 unspecified atom stereocenters. The topological polar surface area (TPSA) is 84.3 Å². The van der Waals surface area contributed by atoms with Gasteiger partial charge in [-0.15, -0.1) is 0 Å². The van der Waals surface area contributed by atoms with Crippen LogP contribution in [-0.2, 0) is 18.4 Å². The number of hydrogen-bond acceptors (Lipinski definition) is 6. The summed E-state index contributed by atoms with van der Waals surface area (Å²) >= 11 is 1.48. The van der Waals surface area contributed by atoms with Crippen LogP contribution >= 0.6 is 11.8 Å². The Balaban J connectivity index is 1.97. The quantitative estimate of drug-likeness (QED) is 0.881. The predicted molar refractivity (Wildman–Crippen MR) is 98.6 cm³/mol. The number of nitriles is 1. The summed E-state index contributed by atoms with van der Waals surface area (Å²) in [6.45, 7) is 0. The van der Waals surface area contributed by atoms with Crippen molar-refractivity contribution < 1.29 is 9.13 Å². The van der Waals surface area contributed by atoms with Crippen LogP contribution in [0.3, 0.4) is 0 Å². The summed E-state index contributed by atoms with van der Waals surface area (Å²) in [7, 11) is 1.55. The molecule has 0 radical (unpaired) electrons. The molecule has 1 aromatic carbocycles. The van der Waals surface area contributed by atoms with Crippen LogP contribution < -0.4 is 10.5 Å². The van der Waals surface area contributed by atoms with Gasteiger partial charge in [0.1, 0.15) is 11.9 Å². The van der Waals surface area contributed by atoms with Crippen LogP contribution in [0.1, 0.15) is 22.3 Å². The Hall–Kier alpha value is -2.59. The molecule has 1 aromatic heterocycles. The van der Waals surface area contributed by atoms with Crippen molar-refractivity contribution in [2.24, 2.45) is 16.6 Å². The third kappa shape index (κ3) is 2.44. The van der Waals surface area contributed by atoms with E-state index < -0.39 is 5.54 Å². The fourth-order valence-electron chi connectivity index (χ4n) is 4.02. The molecule has 2 N–H and O–H groups in total. The zero-order chi connectivity index (χ0) is 18.3. The van der Waals surface area contributed by atoms with Gasteiger partial charge >= 0.3 is 0 Å². The van der Waals surface area contributed by atoms with Gasteiger partial charge in [-0.1, -0.05) is 30.0 Å². The van der Waals surface area contributed by atoms with Crippen molar-refractivity contribution in [1.29, 1.82) is 5.26 Å². The van der Waals surface area contributed by atoms with Gasteiger partial charge in [-0.25, -0.2) is 9.37 Å². The number of halogens is 1. The molecule has 26 heavy (non-hydrogen) atoms. The highest BCUT2D eigenvalue weighted by Crippen LogP contribution is 2.50. The second-order valence-electron chi connectivity index (χ2n) is 6.49. The Labute approximate surface area is 155 Å². The van der Waals surface area contributed by atoms with E-state index in [-0.39, 0.29) is 11.7 Å². The van der Waals surface area contributed by atoms with Crippen LogP contribution in [-0.4, -0.2) is 23.0 Å². The monoisotopic (exact) mass is 368 g/mol. The summed E-state index contributed by atoms with van der Waals surface area (Å²) < 4.78 is 20.2. The molecule has 0 bridgehead atoms. The third-order valence-electron chi connectivity index (χ3n) is 5.23. The SMILES string of the molecule is COc1ncc(C#N)c2c1C[C@]1(c3ccccc3F)N=C(N)SC[C@@H]1C2. The van der Waals surface area contributed by atoms with Crippen molar-refractivity contribution in [2.75, 3.05) is 12.9 Å². The third-order valence-corrected chi connectivity index (χ3v) is 6.18. The lowest BCUT2D eigenvalue weighted by atomic mass is 9.67. The van der Waals surface area contributed by atoms with Gasteiger partial charge in [0, 0.05) is 35.4 Å². The minimum atomic E-state index is -0.809. The fourth-order valence-corrected chi connectivity index (χ4v) is 5.01. The van der Waals surface area contributed by atoms with Gasteiger partial charge in [0.25, 0.3) is 0 Å². The number of nitrogens with zero attached hydrogens (tertiary/aromatic N) is 3. The molecule has 132 valence electrons. The molecule has 5 nitrogen and oxygen atoms in total. The molecule has 2 atom stereocenters. The molecular formula is C19H17FN4OS. The number of pyridine rings is 1. The first-order chi connectivity index (χ1) is 12.6. The van der Waals surface area contributed by atoms with E-state index >= 15 is 0 Å². The average Bonchev–Trinajstić information content (AvgIpc) is 2.65. The Morgan fingerprint density at radius 1 is 1.38 bits per heavy atom. The van der Waals surface area contributed by atoms with Crippen LogP contribution in [0.5, 0.6) is 5.88 Å². The summed E-state index contributed by atoms with van der Waals surface area (Å²) in [5.41, 5.74) is 8.05. The highest BCUT2D eigenvalue weighted by molar-refractivity contribution is 8.13. The van der Waals surface area contributed by atoms with Crippen LogP contribution in [0.4, 0.5) is 4.39 Å². The van der Waals surface area contributed by atoms with Crippen LogP contribution in [0, 0.1) is 23.1 Å². The van der Waals surface area contributed by atoms with Gasteiger partial charge in [0.2, 0.25) is 5.88 Å². The zero-order valence-corrected chi connectivity index (χ0v) is 15.0. The highest BCUT2D eigenvalue weighted by Gasteiger charge is 2.49. The number of thioether (sulfide) groups is 1. The lowest BCUT2D eigenvalue weighted by Gasteiger charge is -2.45. The first kappa shape index (κ1) is 16.9. The lowest BCUT2D eigenvalue weighted by molar-refractivity contribution is 0.262. The summed E-state index contributed by atoms with van der Waals surface area (Å²) in [5, 5.41) is 9.93. The number of aliphatic imine (C=N–C) groups is 1. The van der Waals surface area contributed by atoms with E-state index in [1.54, 1.807) is 25.4 Å². The molecule has 2 aromatic rings. The van der Waals surface area contributed by atoms with Gasteiger partial charge in [-0.3, -0.25) is 4.99 Å². The van der Waals surface area contributed by atoms with Gasteiger partial charge in [0.05, 0.1) is 18.2 Å². The largest absolute Gasteiger partial charge is 0.481 e. The number of nitrogens with two attached hydrogens (primary N) is 1. The number of rotatable bonds is 2. The number of methoxy groups -OCH3 is 1. The van der Waals surface area contributed by atoms with Crippen LogP contribution in [0.2, 0.25) is 0 Å². The van der Waals surface area contributed by atoms with E-state index in [2.05, 4.69) is 11.1 Å². The molecule has 7 heteroatoms. The number of amidine groups is 1. The summed E-state index contributed by atoms with van der Waals surface area (Å²) in [6, 6.07) is 8.92. The highest BCUT2D eigenvalue weighted by atomic mass is 32.2. The number of benzene rings is 1. The molecular weight excluding hydrogens is 351 g/mol. The van der Waals surface area contributed by atoms with Crippen LogP contribution in [0.15, 0.2) is 35.5 Å². The molecule has 0 spiro atoms. The number of fused-ring (bicyclic) bond motifs is 2. The second kappa shape index (κ2) is 6.29. The van der Waals surface area contributed by atoms with Crippen molar-refractivity contribution in [3.8, 4) is 11.9 Å². The van der Waals surface area contributed by atoms with Crippen molar-refractivity contribution in [2.45, 2.75) is 18.4 Å². The minimum Gasteiger partial charge on any atom is -0.481 e. The van der Waals surface area contributed by atoms with Gasteiger partial charge < -0.3 is 10.5 Å². The van der Waals surface area contributed by atoms with Gasteiger partial charge in [0.15, 0.2) is 5.17 Å². The standard InChI is InChI=1S/C19H17FN4OS/c1-25-17-14-7-19(15-4-2-3-5-16(15)20)12(10-26-18(22)24-19)6-13(14)11(8-21)9-23-17/h2-5,9,12H,6-7,10H2,1H3,(H2,22,24)/t12-,19-/m0/s1. The first-order valence-corrected chi connectivity index (χ1v) is 9.25. The first-order valence-electron chi connectivity index (χ1n) is 8.27.